The minimum Gasteiger partial charge on any atom is -0.496 e. The van der Waals surface area contributed by atoms with Crippen molar-refractivity contribution >= 4 is 35.6 Å². The zero-order valence-electron chi connectivity index (χ0n) is 15.0. The maximum atomic E-state index is 5.73. The molecule has 1 fully saturated rings. The summed E-state index contributed by atoms with van der Waals surface area (Å²) >= 11 is 0. The first kappa shape index (κ1) is 21.8. The third kappa shape index (κ3) is 4.89. The van der Waals surface area contributed by atoms with Gasteiger partial charge >= 0.3 is 0 Å². The zero-order chi connectivity index (χ0) is 16.2. The molecule has 1 heterocycles. The van der Waals surface area contributed by atoms with Crippen LogP contribution in [0.1, 0.15) is 24.9 Å². The Hall–Kier alpha value is -1.26. The van der Waals surface area contributed by atoms with Gasteiger partial charge < -0.3 is 10.1 Å². The normalized spacial score (nSPS) is 15.8. The molecule has 0 radical (unpaired) electrons. The number of fused-ring (bicyclic) bond motifs is 1. The Balaban J connectivity index is 0.00000156. The lowest BCUT2D eigenvalue weighted by atomic mass is 9.92. The molecule has 3 nitrogen and oxygen atoms in total. The van der Waals surface area contributed by atoms with E-state index in [2.05, 4.69) is 60.1 Å². The first-order chi connectivity index (χ1) is 11.2. The minimum atomic E-state index is 0. The summed E-state index contributed by atoms with van der Waals surface area (Å²) < 4.78 is 5.73. The van der Waals surface area contributed by atoms with Crippen LogP contribution in [0.2, 0.25) is 0 Å². The van der Waals surface area contributed by atoms with Gasteiger partial charge in [-0.1, -0.05) is 35.9 Å². The van der Waals surface area contributed by atoms with Gasteiger partial charge in [0, 0.05) is 37.8 Å². The van der Waals surface area contributed by atoms with E-state index in [1.807, 2.05) is 0 Å². The van der Waals surface area contributed by atoms with Crippen molar-refractivity contribution < 1.29 is 4.74 Å². The lowest BCUT2D eigenvalue weighted by Crippen LogP contribution is -2.45. The Morgan fingerprint density at radius 3 is 2.48 bits per heavy atom. The number of nitrogens with zero attached hydrogens (tertiary/aromatic N) is 1. The fourth-order valence-electron chi connectivity index (χ4n) is 3.53. The summed E-state index contributed by atoms with van der Waals surface area (Å²) in [4.78, 5) is 2.56. The standard InChI is InChI=1S/C20H26N2O.2ClH/c1-15(2)14-18(22-12-10-21-11-13-22)20-17-7-5-4-6-16(17)8-9-19(20)23-3;;/h4-9,18,21H,1,10-14H2,2-3H3;2*1H/t18-;;/m0../s1. The number of rotatable bonds is 5. The molecule has 1 N–H and O–H groups in total. The van der Waals surface area contributed by atoms with Gasteiger partial charge in [-0.15, -0.1) is 31.4 Å². The van der Waals surface area contributed by atoms with Crippen molar-refractivity contribution in [1.82, 2.24) is 10.2 Å². The van der Waals surface area contributed by atoms with E-state index in [9.17, 15) is 0 Å². The monoisotopic (exact) mass is 382 g/mol. The highest BCUT2D eigenvalue weighted by molar-refractivity contribution is 5.88. The topological polar surface area (TPSA) is 24.5 Å². The SMILES string of the molecule is C=C(C)C[C@@H](c1c(OC)ccc2ccccc12)N1CCNCC1.Cl.Cl. The second-order valence-corrected chi connectivity index (χ2v) is 6.37. The van der Waals surface area contributed by atoms with Gasteiger partial charge in [0.05, 0.1) is 7.11 Å². The van der Waals surface area contributed by atoms with Gasteiger partial charge in [-0.2, -0.15) is 0 Å². The first-order valence-electron chi connectivity index (χ1n) is 8.35. The number of hydrogen-bond acceptors (Lipinski definition) is 3. The predicted molar refractivity (Wildman–Crippen MR) is 112 cm³/mol. The lowest BCUT2D eigenvalue weighted by Gasteiger charge is -2.36. The molecule has 5 heteroatoms. The van der Waals surface area contributed by atoms with Crippen LogP contribution in [0.5, 0.6) is 5.75 Å². The van der Waals surface area contributed by atoms with E-state index >= 15 is 0 Å². The van der Waals surface area contributed by atoms with Crippen molar-refractivity contribution in [2.24, 2.45) is 0 Å². The third-order valence-electron chi connectivity index (χ3n) is 4.62. The van der Waals surface area contributed by atoms with Gasteiger partial charge in [-0.3, -0.25) is 4.90 Å². The molecule has 3 rings (SSSR count). The lowest BCUT2D eigenvalue weighted by molar-refractivity contribution is 0.170. The Labute approximate surface area is 163 Å². The number of ether oxygens (including phenoxy) is 1. The molecular weight excluding hydrogens is 355 g/mol. The Morgan fingerprint density at radius 1 is 1.16 bits per heavy atom. The number of halogens is 2. The molecule has 0 amide bonds. The summed E-state index contributed by atoms with van der Waals surface area (Å²) in [5, 5.41) is 6.00. The summed E-state index contributed by atoms with van der Waals surface area (Å²) in [7, 11) is 1.77. The van der Waals surface area contributed by atoms with E-state index < -0.39 is 0 Å². The number of nitrogens with one attached hydrogen (secondary N) is 1. The second-order valence-electron chi connectivity index (χ2n) is 6.37. The third-order valence-corrected chi connectivity index (χ3v) is 4.62. The number of piperazine rings is 1. The summed E-state index contributed by atoms with van der Waals surface area (Å²) in [6, 6.07) is 13.2. The van der Waals surface area contributed by atoms with Crippen LogP contribution >= 0.6 is 24.8 Å². The van der Waals surface area contributed by atoms with E-state index in [-0.39, 0.29) is 24.8 Å². The summed E-state index contributed by atoms with van der Waals surface area (Å²) in [5.74, 6) is 0.980. The van der Waals surface area contributed by atoms with E-state index in [0.717, 1.165) is 38.3 Å². The molecule has 0 aliphatic carbocycles. The van der Waals surface area contributed by atoms with Crippen molar-refractivity contribution in [3.8, 4) is 5.75 Å². The van der Waals surface area contributed by atoms with Crippen LogP contribution in [-0.2, 0) is 0 Å². The highest BCUT2D eigenvalue weighted by Gasteiger charge is 2.26. The van der Waals surface area contributed by atoms with Gasteiger partial charge in [0.25, 0.3) is 0 Å². The summed E-state index contributed by atoms with van der Waals surface area (Å²) in [6.07, 6.45) is 0.963. The van der Waals surface area contributed by atoms with Crippen molar-refractivity contribution in [3.63, 3.8) is 0 Å². The molecule has 25 heavy (non-hydrogen) atoms. The van der Waals surface area contributed by atoms with Crippen molar-refractivity contribution in [3.05, 3.63) is 54.1 Å². The van der Waals surface area contributed by atoms with E-state index in [4.69, 9.17) is 4.74 Å². The first-order valence-corrected chi connectivity index (χ1v) is 8.35. The molecule has 0 aromatic heterocycles. The van der Waals surface area contributed by atoms with Crippen LogP contribution < -0.4 is 10.1 Å². The molecule has 0 bridgehead atoms. The summed E-state index contributed by atoms with van der Waals surface area (Å²) in [5.41, 5.74) is 2.51. The minimum absolute atomic E-state index is 0. The molecule has 2 aromatic carbocycles. The fraction of sp³-hybridized carbons (Fsp3) is 0.400. The van der Waals surface area contributed by atoms with Gasteiger partial charge in [0.1, 0.15) is 5.75 Å². The van der Waals surface area contributed by atoms with Gasteiger partial charge in [-0.05, 0) is 30.2 Å². The number of methoxy groups -OCH3 is 1. The molecular formula is C20H28Cl2N2O. The Morgan fingerprint density at radius 2 is 1.84 bits per heavy atom. The van der Waals surface area contributed by atoms with Crippen LogP contribution in [0.3, 0.4) is 0 Å². The molecule has 1 aliphatic heterocycles. The van der Waals surface area contributed by atoms with Crippen LogP contribution in [0, 0.1) is 0 Å². The molecule has 1 atom stereocenters. The van der Waals surface area contributed by atoms with Crippen molar-refractivity contribution in [2.75, 3.05) is 33.3 Å². The maximum absolute atomic E-state index is 5.73. The van der Waals surface area contributed by atoms with Crippen molar-refractivity contribution in [1.29, 1.82) is 0 Å². The van der Waals surface area contributed by atoms with Gasteiger partial charge in [-0.25, -0.2) is 0 Å². The Kier molecular flexibility index (Phi) is 8.74. The molecule has 1 saturated heterocycles. The highest BCUT2D eigenvalue weighted by Crippen LogP contribution is 2.39. The second kappa shape index (κ2) is 10.0. The molecule has 0 spiro atoms. The average molecular weight is 383 g/mol. The molecule has 2 aromatic rings. The van der Waals surface area contributed by atoms with Gasteiger partial charge in [0.15, 0.2) is 0 Å². The van der Waals surface area contributed by atoms with Crippen LogP contribution in [0.4, 0.5) is 0 Å². The smallest absolute Gasteiger partial charge is 0.124 e. The number of benzene rings is 2. The van der Waals surface area contributed by atoms with Gasteiger partial charge in [0.2, 0.25) is 0 Å². The zero-order valence-corrected chi connectivity index (χ0v) is 16.6. The molecule has 0 unspecified atom stereocenters. The maximum Gasteiger partial charge on any atom is 0.124 e. The molecule has 1 aliphatic rings. The summed E-state index contributed by atoms with van der Waals surface area (Å²) in [6.45, 7) is 10.5. The average Bonchev–Trinajstić information content (AvgIpc) is 2.59. The highest BCUT2D eigenvalue weighted by atomic mass is 35.5. The quantitative estimate of drug-likeness (QED) is 0.764. The van der Waals surface area contributed by atoms with Crippen LogP contribution in [0.25, 0.3) is 10.8 Å². The molecule has 0 saturated carbocycles. The van der Waals surface area contributed by atoms with E-state index in [0.29, 0.717) is 6.04 Å². The number of hydrogen-bond donors (Lipinski definition) is 1. The molecule has 138 valence electrons. The van der Waals surface area contributed by atoms with E-state index in [1.165, 1.54) is 21.9 Å². The predicted octanol–water partition coefficient (Wildman–Crippen LogP) is 4.60. The largest absolute Gasteiger partial charge is 0.496 e. The Bertz CT molecular complexity index is 699. The fourth-order valence-corrected chi connectivity index (χ4v) is 3.53. The van der Waals surface area contributed by atoms with Crippen molar-refractivity contribution in [2.45, 2.75) is 19.4 Å². The van der Waals surface area contributed by atoms with Crippen LogP contribution in [0.15, 0.2) is 48.6 Å². The van der Waals surface area contributed by atoms with Crippen LogP contribution in [-0.4, -0.2) is 38.2 Å². The van der Waals surface area contributed by atoms with E-state index in [1.54, 1.807) is 7.11 Å².